The zero-order valence-corrected chi connectivity index (χ0v) is 9.83. The number of hydrogen-bond acceptors (Lipinski definition) is 4. The molecule has 2 rings (SSSR count). The van der Waals surface area contributed by atoms with Gasteiger partial charge in [0.15, 0.2) is 0 Å². The number of piperidine rings is 1. The largest absolute Gasteiger partial charge is 0.480 e. The van der Waals surface area contributed by atoms with E-state index in [4.69, 9.17) is 5.11 Å². The summed E-state index contributed by atoms with van der Waals surface area (Å²) in [5, 5.41) is 21.1. The van der Waals surface area contributed by atoms with Crippen LogP contribution in [-0.2, 0) is 14.4 Å². The highest BCUT2D eigenvalue weighted by Gasteiger charge is 2.41. The molecule has 2 heterocycles. The average molecular weight is 256 g/mol. The van der Waals surface area contributed by atoms with Gasteiger partial charge in [-0.2, -0.15) is 0 Å². The van der Waals surface area contributed by atoms with Gasteiger partial charge in [-0.15, -0.1) is 0 Å². The number of rotatable bonds is 2. The minimum Gasteiger partial charge on any atom is -0.480 e. The summed E-state index contributed by atoms with van der Waals surface area (Å²) in [4.78, 5) is 35.4. The Morgan fingerprint density at radius 2 is 2.11 bits per heavy atom. The van der Waals surface area contributed by atoms with Crippen LogP contribution in [0.1, 0.15) is 19.3 Å². The molecule has 0 aliphatic carbocycles. The lowest BCUT2D eigenvalue weighted by atomic mass is 9.97. The molecule has 7 heteroatoms. The van der Waals surface area contributed by atoms with Gasteiger partial charge in [0.2, 0.25) is 11.8 Å². The Morgan fingerprint density at radius 3 is 2.67 bits per heavy atom. The number of aliphatic carboxylic acids is 1. The molecule has 0 spiro atoms. The molecule has 3 N–H and O–H groups in total. The lowest BCUT2D eigenvalue weighted by Crippen LogP contribution is -2.48. The van der Waals surface area contributed by atoms with Crippen LogP contribution in [0.3, 0.4) is 0 Å². The zero-order valence-electron chi connectivity index (χ0n) is 9.83. The maximum atomic E-state index is 12.2. The van der Waals surface area contributed by atoms with E-state index >= 15 is 0 Å². The minimum atomic E-state index is -1.10. The second kappa shape index (κ2) is 4.93. The Kier molecular flexibility index (Phi) is 3.51. The van der Waals surface area contributed by atoms with Gasteiger partial charge in [-0.05, 0) is 6.42 Å². The van der Waals surface area contributed by atoms with Gasteiger partial charge < -0.3 is 20.4 Å². The Labute approximate surface area is 104 Å². The Morgan fingerprint density at radius 1 is 1.39 bits per heavy atom. The van der Waals surface area contributed by atoms with Gasteiger partial charge in [-0.3, -0.25) is 9.59 Å². The number of carboxylic acids is 1. The third-order valence-electron chi connectivity index (χ3n) is 3.46. The number of carbonyl (C=O) groups is 3. The molecule has 0 aromatic rings. The number of nitrogens with one attached hydrogen (secondary N) is 1. The van der Waals surface area contributed by atoms with Gasteiger partial charge in [-0.1, -0.05) is 0 Å². The van der Waals surface area contributed by atoms with Crippen LogP contribution in [0, 0.1) is 5.92 Å². The lowest BCUT2D eigenvalue weighted by Gasteiger charge is -2.28. The van der Waals surface area contributed by atoms with E-state index in [0.29, 0.717) is 6.42 Å². The molecule has 2 amide bonds. The number of β-amino-alcohol motifs (C(OH)–C–C–N with tert-alkyl or cyclic N) is 1. The number of nitrogens with zero attached hydrogens (tertiary/aromatic N) is 1. The van der Waals surface area contributed by atoms with Crippen LogP contribution in [0.15, 0.2) is 0 Å². The fourth-order valence-electron chi connectivity index (χ4n) is 2.47. The summed E-state index contributed by atoms with van der Waals surface area (Å²) >= 11 is 0. The van der Waals surface area contributed by atoms with E-state index in [9.17, 15) is 19.5 Å². The van der Waals surface area contributed by atoms with Crippen molar-refractivity contribution in [3.63, 3.8) is 0 Å². The Bertz CT molecular complexity index is 374. The van der Waals surface area contributed by atoms with Crippen molar-refractivity contribution in [3.8, 4) is 0 Å². The number of hydrogen-bond donors (Lipinski definition) is 3. The fourth-order valence-corrected chi connectivity index (χ4v) is 2.47. The highest BCUT2D eigenvalue weighted by molar-refractivity contribution is 5.87. The van der Waals surface area contributed by atoms with Gasteiger partial charge in [0.1, 0.15) is 6.04 Å². The van der Waals surface area contributed by atoms with E-state index < -0.39 is 18.1 Å². The number of amides is 2. The van der Waals surface area contributed by atoms with Crippen LogP contribution in [0.2, 0.25) is 0 Å². The van der Waals surface area contributed by atoms with Crippen LogP contribution in [0.4, 0.5) is 0 Å². The van der Waals surface area contributed by atoms with Crippen molar-refractivity contribution in [3.05, 3.63) is 0 Å². The van der Waals surface area contributed by atoms with Crippen LogP contribution in [-0.4, -0.2) is 58.1 Å². The normalized spacial score (nSPS) is 32.2. The molecule has 18 heavy (non-hydrogen) atoms. The fraction of sp³-hybridized carbons (Fsp3) is 0.727. The second-order valence-corrected chi connectivity index (χ2v) is 4.77. The highest BCUT2D eigenvalue weighted by atomic mass is 16.4. The predicted octanol–water partition coefficient (Wildman–Crippen LogP) is -1.44. The van der Waals surface area contributed by atoms with Crippen LogP contribution in [0.5, 0.6) is 0 Å². The molecule has 2 aliphatic rings. The molecular weight excluding hydrogens is 240 g/mol. The number of likely N-dealkylation sites (tertiary alicyclic amines) is 1. The van der Waals surface area contributed by atoms with Crippen LogP contribution in [0.25, 0.3) is 0 Å². The second-order valence-electron chi connectivity index (χ2n) is 4.77. The van der Waals surface area contributed by atoms with Crippen molar-refractivity contribution in [1.29, 1.82) is 0 Å². The highest BCUT2D eigenvalue weighted by Crippen LogP contribution is 2.23. The summed E-state index contributed by atoms with van der Waals surface area (Å²) in [5.41, 5.74) is 0. The quantitative estimate of drug-likeness (QED) is 0.561. The van der Waals surface area contributed by atoms with Crippen molar-refractivity contribution in [1.82, 2.24) is 10.2 Å². The van der Waals surface area contributed by atoms with Gasteiger partial charge >= 0.3 is 5.97 Å². The first-order valence-electron chi connectivity index (χ1n) is 5.97. The van der Waals surface area contributed by atoms with E-state index in [1.54, 1.807) is 0 Å². The zero-order chi connectivity index (χ0) is 13.3. The van der Waals surface area contributed by atoms with Gasteiger partial charge in [-0.25, -0.2) is 4.79 Å². The predicted molar refractivity (Wildman–Crippen MR) is 59.5 cm³/mol. The molecule has 3 atom stereocenters. The Balaban J connectivity index is 2.03. The summed E-state index contributed by atoms with van der Waals surface area (Å²) in [6.45, 7) is 0.302. The smallest absolute Gasteiger partial charge is 0.326 e. The summed E-state index contributed by atoms with van der Waals surface area (Å²) in [7, 11) is 0. The number of aliphatic hydroxyl groups excluding tert-OH is 1. The first-order chi connectivity index (χ1) is 8.49. The summed E-state index contributed by atoms with van der Waals surface area (Å²) in [6.07, 6.45) is 0.00196. The Hall–Kier alpha value is -1.63. The minimum absolute atomic E-state index is 0.0558. The van der Waals surface area contributed by atoms with Crippen molar-refractivity contribution in [2.45, 2.75) is 31.4 Å². The SMILES string of the molecule is O=C1CCC(C(=O)N2C[C@H](O)C[C@@H]2C(=O)O)CN1. The van der Waals surface area contributed by atoms with Gasteiger partial charge in [0.05, 0.1) is 12.0 Å². The molecule has 7 nitrogen and oxygen atoms in total. The van der Waals surface area contributed by atoms with Crippen molar-refractivity contribution in [2.24, 2.45) is 5.92 Å². The third kappa shape index (κ3) is 2.45. The van der Waals surface area contributed by atoms with E-state index in [1.165, 1.54) is 4.90 Å². The molecule has 2 saturated heterocycles. The topological polar surface area (TPSA) is 107 Å². The summed E-state index contributed by atoms with van der Waals surface area (Å²) < 4.78 is 0. The standard InChI is InChI=1S/C11H16N2O5/c14-7-3-8(11(17)18)13(5-7)10(16)6-1-2-9(15)12-4-6/h6-8,14H,1-5H2,(H,12,15)(H,17,18)/t6?,7-,8-/m1/s1. The maximum Gasteiger partial charge on any atom is 0.326 e. The van der Waals surface area contributed by atoms with Crippen molar-refractivity contribution >= 4 is 17.8 Å². The lowest BCUT2D eigenvalue weighted by molar-refractivity contribution is -0.150. The molecule has 0 aromatic carbocycles. The first kappa shape index (κ1) is 12.8. The van der Waals surface area contributed by atoms with Crippen LogP contribution < -0.4 is 5.32 Å². The molecular formula is C11H16N2O5. The van der Waals surface area contributed by atoms with E-state index in [2.05, 4.69) is 5.32 Å². The third-order valence-corrected chi connectivity index (χ3v) is 3.46. The van der Waals surface area contributed by atoms with E-state index in [1.807, 2.05) is 0 Å². The average Bonchev–Trinajstić information content (AvgIpc) is 2.71. The molecule has 2 aliphatic heterocycles. The summed E-state index contributed by atoms with van der Waals surface area (Å²) in [5.74, 6) is -1.86. The number of carboxylic acid groups (broad SMARTS) is 1. The molecule has 0 radical (unpaired) electrons. The number of carbonyl (C=O) groups excluding carboxylic acids is 2. The molecule has 1 unspecified atom stereocenters. The van der Waals surface area contributed by atoms with E-state index in [-0.39, 0.29) is 43.7 Å². The molecule has 0 aromatic heterocycles. The van der Waals surface area contributed by atoms with E-state index in [0.717, 1.165) is 0 Å². The molecule has 0 saturated carbocycles. The molecule has 2 fully saturated rings. The molecule has 0 bridgehead atoms. The first-order valence-corrected chi connectivity index (χ1v) is 5.97. The number of aliphatic hydroxyl groups is 1. The van der Waals surface area contributed by atoms with Crippen molar-refractivity contribution < 1.29 is 24.6 Å². The van der Waals surface area contributed by atoms with Crippen molar-refractivity contribution in [2.75, 3.05) is 13.1 Å². The van der Waals surface area contributed by atoms with Gasteiger partial charge in [0.25, 0.3) is 0 Å². The summed E-state index contributed by atoms with van der Waals surface area (Å²) in [6, 6.07) is -0.954. The maximum absolute atomic E-state index is 12.2. The molecule has 100 valence electrons. The van der Waals surface area contributed by atoms with Crippen LogP contribution >= 0.6 is 0 Å². The van der Waals surface area contributed by atoms with Gasteiger partial charge in [0, 0.05) is 25.9 Å². The monoisotopic (exact) mass is 256 g/mol.